The van der Waals surface area contributed by atoms with Crippen LogP contribution >= 0.6 is 0 Å². The van der Waals surface area contributed by atoms with E-state index in [4.69, 9.17) is 5.73 Å². The van der Waals surface area contributed by atoms with Gasteiger partial charge in [-0.3, -0.25) is 0 Å². The Kier molecular flexibility index (Phi) is 4.91. The molecule has 2 heterocycles. The first kappa shape index (κ1) is 18.9. The van der Waals surface area contributed by atoms with E-state index >= 15 is 0 Å². The molecular weight excluding hydrogens is 370 g/mol. The molecule has 0 spiro atoms. The van der Waals surface area contributed by atoms with E-state index in [0.29, 0.717) is 17.1 Å². The Morgan fingerprint density at radius 2 is 2.11 bits per heavy atom. The van der Waals surface area contributed by atoms with Crippen molar-refractivity contribution in [2.45, 2.75) is 24.3 Å². The van der Waals surface area contributed by atoms with Crippen molar-refractivity contribution in [1.82, 2.24) is 29.5 Å². The summed E-state index contributed by atoms with van der Waals surface area (Å²) in [7, 11) is -3.80. The molecule has 10 nitrogen and oxygen atoms in total. The third-order valence-electron chi connectivity index (χ3n) is 3.55. The Labute approximate surface area is 156 Å². The molecule has 27 heavy (non-hydrogen) atoms. The predicted octanol–water partition coefficient (Wildman–Crippen LogP) is 0.356. The van der Waals surface area contributed by atoms with Gasteiger partial charge >= 0.3 is 0 Å². The lowest BCUT2D eigenvalue weighted by Gasteiger charge is -2.17. The van der Waals surface area contributed by atoms with Gasteiger partial charge in [0.15, 0.2) is 11.6 Å². The lowest BCUT2D eigenvalue weighted by Crippen LogP contribution is -2.38. The number of nitrogens with one attached hydrogen (secondary N) is 1. The smallest absolute Gasteiger partial charge is 0.240 e. The second kappa shape index (κ2) is 7.02. The number of anilines is 1. The number of aliphatic hydroxyl groups is 1. The van der Waals surface area contributed by atoms with Crippen molar-refractivity contribution in [2.24, 2.45) is 0 Å². The molecule has 0 unspecified atom stereocenters. The second-order valence-corrected chi connectivity index (χ2v) is 8.24. The van der Waals surface area contributed by atoms with Gasteiger partial charge in [0.2, 0.25) is 10.0 Å². The van der Waals surface area contributed by atoms with Crippen molar-refractivity contribution < 1.29 is 13.5 Å². The third kappa shape index (κ3) is 4.45. The van der Waals surface area contributed by atoms with E-state index in [9.17, 15) is 13.5 Å². The van der Waals surface area contributed by atoms with Crippen LogP contribution in [0.4, 0.5) is 5.82 Å². The zero-order chi connectivity index (χ0) is 19.7. The maximum Gasteiger partial charge on any atom is 0.240 e. The highest BCUT2D eigenvalue weighted by molar-refractivity contribution is 7.89. The van der Waals surface area contributed by atoms with E-state index in [1.807, 2.05) is 0 Å². The van der Waals surface area contributed by atoms with Crippen LogP contribution < -0.4 is 10.5 Å². The van der Waals surface area contributed by atoms with Crippen LogP contribution in [-0.4, -0.2) is 50.4 Å². The highest BCUT2D eigenvalue weighted by Gasteiger charge is 2.20. The summed E-state index contributed by atoms with van der Waals surface area (Å²) < 4.78 is 28.7. The SMILES string of the molecule is CC(C)(O)CNS(=O)(=O)c1cccc(-c2cnc(N)c(-n3cncn3)n2)c1. The summed E-state index contributed by atoms with van der Waals surface area (Å²) >= 11 is 0. The van der Waals surface area contributed by atoms with E-state index in [1.54, 1.807) is 12.1 Å². The zero-order valence-electron chi connectivity index (χ0n) is 14.7. The Morgan fingerprint density at radius 1 is 1.33 bits per heavy atom. The Balaban J connectivity index is 1.96. The van der Waals surface area contributed by atoms with Gasteiger partial charge in [-0.1, -0.05) is 12.1 Å². The summed E-state index contributed by atoms with van der Waals surface area (Å²) in [6.07, 6.45) is 4.23. The lowest BCUT2D eigenvalue weighted by molar-refractivity contribution is 0.0857. The molecule has 0 saturated carbocycles. The minimum atomic E-state index is -3.80. The molecule has 0 aliphatic rings. The standard InChI is InChI=1S/C16H19N7O3S/c1-16(2,24)8-21-27(25,26)12-5-3-4-11(6-12)13-7-19-14(17)15(22-13)23-10-18-9-20-23/h3-7,9-10,21,24H,8H2,1-2H3,(H2,17,19). The van der Waals surface area contributed by atoms with E-state index in [0.717, 1.165) is 0 Å². The van der Waals surface area contributed by atoms with E-state index in [1.165, 1.54) is 49.5 Å². The molecule has 2 aromatic heterocycles. The first-order chi connectivity index (χ1) is 12.7. The molecule has 3 aromatic rings. The molecule has 0 bridgehead atoms. The number of nitrogen functional groups attached to an aromatic ring is 1. The predicted molar refractivity (Wildman–Crippen MR) is 98.3 cm³/mol. The summed E-state index contributed by atoms with van der Waals surface area (Å²) in [5.74, 6) is 0.457. The topological polar surface area (TPSA) is 149 Å². The average Bonchev–Trinajstić information content (AvgIpc) is 3.14. The first-order valence-corrected chi connectivity index (χ1v) is 9.44. The van der Waals surface area contributed by atoms with Crippen LogP contribution in [0.1, 0.15) is 13.8 Å². The van der Waals surface area contributed by atoms with Crippen LogP contribution in [0.3, 0.4) is 0 Å². The number of benzene rings is 1. The van der Waals surface area contributed by atoms with Gasteiger partial charge in [-0.15, -0.1) is 0 Å². The van der Waals surface area contributed by atoms with Gasteiger partial charge in [0.1, 0.15) is 12.7 Å². The maximum absolute atomic E-state index is 12.5. The van der Waals surface area contributed by atoms with Gasteiger partial charge in [-0.2, -0.15) is 9.78 Å². The largest absolute Gasteiger partial charge is 0.389 e. The van der Waals surface area contributed by atoms with Crippen LogP contribution in [0.2, 0.25) is 0 Å². The Morgan fingerprint density at radius 3 is 2.78 bits per heavy atom. The lowest BCUT2D eigenvalue weighted by atomic mass is 10.1. The normalized spacial score (nSPS) is 12.3. The molecule has 0 amide bonds. The van der Waals surface area contributed by atoms with Crippen LogP contribution in [0.15, 0.2) is 48.0 Å². The van der Waals surface area contributed by atoms with Gasteiger partial charge in [-0.25, -0.2) is 28.1 Å². The fourth-order valence-electron chi connectivity index (χ4n) is 2.19. The molecule has 0 saturated heterocycles. The van der Waals surface area contributed by atoms with Crippen LogP contribution in [0.25, 0.3) is 17.1 Å². The minimum Gasteiger partial charge on any atom is -0.389 e. The fourth-order valence-corrected chi connectivity index (χ4v) is 3.44. The molecule has 1 aromatic carbocycles. The number of nitrogens with zero attached hydrogens (tertiary/aromatic N) is 5. The number of aromatic nitrogens is 5. The van der Waals surface area contributed by atoms with Gasteiger partial charge in [0.05, 0.1) is 22.4 Å². The minimum absolute atomic E-state index is 0.0465. The van der Waals surface area contributed by atoms with Gasteiger partial charge in [0, 0.05) is 12.1 Å². The summed E-state index contributed by atoms with van der Waals surface area (Å²) in [6.45, 7) is 2.92. The van der Waals surface area contributed by atoms with Crippen LogP contribution in [-0.2, 0) is 10.0 Å². The molecule has 3 rings (SSSR count). The highest BCUT2D eigenvalue weighted by atomic mass is 32.2. The summed E-state index contributed by atoms with van der Waals surface area (Å²) in [5.41, 5.74) is 5.64. The number of rotatable bonds is 6. The van der Waals surface area contributed by atoms with Gasteiger partial charge in [-0.05, 0) is 26.0 Å². The maximum atomic E-state index is 12.5. The molecule has 0 radical (unpaired) electrons. The molecule has 4 N–H and O–H groups in total. The number of hydrogen-bond donors (Lipinski definition) is 3. The zero-order valence-corrected chi connectivity index (χ0v) is 15.6. The van der Waals surface area contributed by atoms with Crippen molar-refractivity contribution in [3.05, 3.63) is 43.1 Å². The average molecular weight is 389 g/mol. The summed E-state index contributed by atoms with van der Waals surface area (Å²) in [6, 6.07) is 6.23. The molecule has 142 valence electrons. The second-order valence-electron chi connectivity index (χ2n) is 6.47. The number of nitrogens with two attached hydrogens (primary N) is 1. The van der Waals surface area contributed by atoms with E-state index < -0.39 is 15.6 Å². The number of sulfonamides is 1. The van der Waals surface area contributed by atoms with Crippen LogP contribution in [0.5, 0.6) is 0 Å². The molecule has 0 atom stereocenters. The summed E-state index contributed by atoms with van der Waals surface area (Å²) in [5, 5.41) is 13.7. The molecule has 0 fully saturated rings. The Hall–Kier alpha value is -2.89. The highest BCUT2D eigenvalue weighted by Crippen LogP contribution is 2.23. The first-order valence-electron chi connectivity index (χ1n) is 7.96. The van der Waals surface area contributed by atoms with Crippen molar-refractivity contribution in [3.63, 3.8) is 0 Å². The van der Waals surface area contributed by atoms with Gasteiger partial charge < -0.3 is 10.8 Å². The number of hydrogen-bond acceptors (Lipinski definition) is 8. The van der Waals surface area contributed by atoms with E-state index in [-0.39, 0.29) is 17.3 Å². The quantitative estimate of drug-likeness (QED) is 0.547. The molecular formula is C16H19N7O3S. The molecule has 11 heteroatoms. The van der Waals surface area contributed by atoms with E-state index in [2.05, 4.69) is 24.8 Å². The monoisotopic (exact) mass is 389 g/mol. The van der Waals surface area contributed by atoms with Crippen molar-refractivity contribution >= 4 is 15.8 Å². The van der Waals surface area contributed by atoms with Crippen LogP contribution in [0, 0.1) is 0 Å². The van der Waals surface area contributed by atoms with Gasteiger partial charge in [0.25, 0.3) is 0 Å². The van der Waals surface area contributed by atoms with Crippen molar-refractivity contribution in [1.29, 1.82) is 0 Å². The molecule has 0 aliphatic carbocycles. The summed E-state index contributed by atoms with van der Waals surface area (Å²) in [4.78, 5) is 12.4. The Bertz CT molecular complexity index is 1040. The fraction of sp³-hybridized carbons (Fsp3) is 0.250. The van der Waals surface area contributed by atoms with Crippen molar-refractivity contribution in [3.8, 4) is 17.1 Å². The third-order valence-corrected chi connectivity index (χ3v) is 4.95. The van der Waals surface area contributed by atoms with Crippen molar-refractivity contribution in [2.75, 3.05) is 12.3 Å². The molecule has 0 aliphatic heterocycles.